The SMILES string of the molecule is CC(=O)N1CCN2C(=O)N(c3ccc(C#N)c4ccccc34)C(=O)C2C1. The predicted molar refractivity (Wildman–Crippen MR) is 94.3 cm³/mol. The van der Waals surface area contributed by atoms with Gasteiger partial charge in [-0.05, 0) is 12.1 Å². The highest BCUT2D eigenvalue weighted by Gasteiger charge is 2.49. The number of benzene rings is 2. The van der Waals surface area contributed by atoms with E-state index in [1.54, 1.807) is 29.2 Å². The van der Waals surface area contributed by atoms with Gasteiger partial charge in [-0.3, -0.25) is 9.59 Å². The molecule has 1 unspecified atom stereocenters. The van der Waals surface area contributed by atoms with Crippen LogP contribution in [0.4, 0.5) is 10.5 Å². The third-order valence-corrected chi connectivity index (χ3v) is 5.03. The molecule has 0 bridgehead atoms. The quantitative estimate of drug-likeness (QED) is 0.735. The molecule has 2 aromatic carbocycles. The number of hydrogen-bond acceptors (Lipinski definition) is 4. The van der Waals surface area contributed by atoms with Crippen LogP contribution in [0.25, 0.3) is 10.8 Å². The van der Waals surface area contributed by atoms with E-state index in [1.165, 1.54) is 16.7 Å². The number of fused-ring (bicyclic) bond motifs is 2. The highest BCUT2D eigenvalue weighted by atomic mass is 16.2. The van der Waals surface area contributed by atoms with Gasteiger partial charge in [0.15, 0.2) is 0 Å². The van der Waals surface area contributed by atoms with Crippen LogP contribution in [0, 0.1) is 11.3 Å². The smallest absolute Gasteiger partial charge is 0.332 e. The van der Waals surface area contributed by atoms with Gasteiger partial charge in [0.25, 0.3) is 5.91 Å². The minimum atomic E-state index is -0.658. The fourth-order valence-electron chi connectivity index (χ4n) is 3.68. The zero-order chi connectivity index (χ0) is 18.4. The number of carbonyl (C=O) groups is 3. The van der Waals surface area contributed by atoms with Gasteiger partial charge < -0.3 is 9.80 Å². The number of nitrogens with zero attached hydrogens (tertiary/aromatic N) is 4. The van der Waals surface area contributed by atoms with Crippen LogP contribution in [0.15, 0.2) is 36.4 Å². The summed E-state index contributed by atoms with van der Waals surface area (Å²) in [5, 5.41) is 10.7. The second-order valence-electron chi connectivity index (χ2n) is 6.42. The van der Waals surface area contributed by atoms with E-state index in [0.717, 1.165) is 0 Å². The summed E-state index contributed by atoms with van der Waals surface area (Å²) in [5.41, 5.74) is 0.960. The molecule has 2 heterocycles. The summed E-state index contributed by atoms with van der Waals surface area (Å²) in [4.78, 5) is 41.8. The molecule has 2 aromatic rings. The highest BCUT2D eigenvalue weighted by Crippen LogP contribution is 2.34. The first kappa shape index (κ1) is 16.1. The molecule has 2 aliphatic rings. The average Bonchev–Trinajstić information content (AvgIpc) is 2.91. The number of nitriles is 1. The normalized spacial score (nSPS) is 19.7. The summed E-state index contributed by atoms with van der Waals surface area (Å²) in [5.74, 6) is -0.442. The van der Waals surface area contributed by atoms with Gasteiger partial charge in [0.1, 0.15) is 6.04 Å². The first-order chi connectivity index (χ1) is 12.5. The maximum Gasteiger partial charge on any atom is 0.332 e. The van der Waals surface area contributed by atoms with Crippen LogP contribution >= 0.6 is 0 Å². The first-order valence-electron chi connectivity index (χ1n) is 8.35. The van der Waals surface area contributed by atoms with E-state index >= 15 is 0 Å². The lowest BCUT2D eigenvalue weighted by Gasteiger charge is -2.34. The van der Waals surface area contributed by atoms with E-state index in [0.29, 0.717) is 35.1 Å². The second-order valence-corrected chi connectivity index (χ2v) is 6.42. The Labute approximate surface area is 150 Å². The molecule has 2 aliphatic heterocycles. The molecule has 2 saturated heterocycles. The number of carbonyl (C=O) groups excluding carboxylic acids is 3. The maximum absolute atomic E-state index is 13.0. The summed E-state index contributed by atoms with van der Waals surface area (Å²) in [6.45, 7) is 2.43. The van der Waals surface area contributed by atoms with Crippen LogP contribution < -0.4 is 4.90 Å². The molecular weight excluding hydrogens is 332 g/mol. The van der Waals surface area contributed by atoms with E-state index in [-0.39, 0.29) is 24.4 Å². The molecule has 0 saturated carbocycles. The third-order valence-electron chi connectivity index (χ3n) is 5.03. The lowest BCUT2D eigenvalue weighted by Crippen LogP contribution is -2.54. The Morgan fingerprint density at radius 3 is 2.54 bits per heavy atom. The molecule has 0 aromatic heterocycles. The van der Waals surface area contributed by atoms with Crippen molar-refractivity contribution in [2.75, 3.05) is 24.5 Å². The summed E-state index contributed by atoms with van der Waals surface area (Å²) < 4.78 is 0. The van der Waals surface area contributed by atoms with Crippen molar-refractivity contribution >= 4 is 34.3 Å². The Bertz CT molecular complexity index is 994. The molecular formula is C19H16N4O3. The number of hydrogen-bond donors (Lipinski definition) is 0. The van der Waals surface area contributed by atoms with Crippen molar-refractivity contribution in [2.45, 2.75) is 13.0 Å². The molecule has 0 radical (unpaired) electrons. The standard InChI is InChI=1S/C19H16N4O3/c1-12(24)21-8-9-22-17(11-21)18(25)23(19(22)26)16-7-6-13(10-20)14-4-2-3-5-15(14)16/h2-7,17H,8-9,11H2,1H3. The summed E-state index contributed by atoms with van der Waals surface area (Å²) in [6, 6.07) is 11.6. The number of piperazine rings is 1. The minimum Gasteiger partial charge on any atom is -0.339 e. The molecule has 0 N–H and O–H groups in total. The van der Waals surface area contributed by atoms with Gasteiger partial charge in [-0.1, -0.05) is 24.3 Å². The topological polar surface area (TPSA) is 84.7 Å². The van der Waals surface area contributed by atoms with Crippen LogP contribution in [-0.2, 0) is 9.59 Å². The Morgan fingerprint density at radius 2 is 1.85 bits per heavy atom. The average molecular weight is 348 g/mol. The molecule has 7 nitrogen and oxygen atoms in total. The third kappa shape index (κ3) is 2.23. The minimum absolute atomic E-state index is 0.104. The second kappa shape index (κ2) is 5.85. The lowest BCUT2D eigenvalue weighted by atomic mass is 10.0. The summed E-state index contributed by atoms with van der Waals surface area (Å²) >= 11 is 0. The first-order valence-corrected chi connectivity index (χ1v) is 8.35. The van der Waals surface area contributed by atoms with Crippen LogP contribution in [0.2, 0.25) is 0 Å². The van der Waals surface area contributed by atoms with Crippen LogP contribution in [-0.4, -0.2) is 53.3 Å². The molecule has 130 valence electrons. The van der Waals surface area contributed by atoms with Crippen molar-refractivity contribution in [1.82, 2.24) is 9.80 Å². The van der Waals surface area contributed by atoms with E-state index in [4.69, 9.17) is 0 Å². The molecule has 4 rings (SSSR count). The van der Waals surface area contributed by atoms with Crippen LogP contribution in [0.1, 0.15) is 12.5 Å². The van der Waals surface area contributed by atoms with Gasteiger partial charge in [0.2, 0.25) is 5.91 Å². The summed E-state index contributed by atoms with van der Waals surface area (Å²) in [6.07, 6.45) is 0. The molecule has 0 aliphatic carbocycles. The molecule has 4 amide bonds. The van der Waals surface area contributed by atoms with E-state index in [1.807, 2.05) is 12.1 Å². The van der Waals surface area contributed by atoms with Crippen molar-refractivity contribution in [3.05, 3.63) is 42.0 Å². The Morgan fingerprint density at radius 1 is 1.12 bits per heavy atom. The Kier molecular flexibility index (Phi) is 3.62. The molecule has 0 spiro atoms. The van der Waals surface area contributed by atoms with Gasteiger partial charge in [-0.2, -0.15) is 5.26 Å². The fourth-order valence-corrected chi connectivity index (χ4v) is 3.68. The van der Waals surface area contributed by atoms with Crippen LogP contribution in [0.5, 0.6) is 0 Å². The van der Waals surface area contributed by atoms with Crippen LogP contribution in [0.3, 0.4) is 0 Å². The monoisotopic (exact) mass is 348 g/mol. The Hall–Kier alpha value is -3.40. The number of anilines is 1. The largest absolute Gasteiger partial charge is 0.339 e. The van der Waals surface area contributed by atoms with E-state index < -0.39 is 6.04 Å². The Balaban J connectivity index is 1.79. The lowest BCUT2D eigenvalue weighted by molar-refractivity contribution is -0.132. The highest BCUT2D eigenvalue weighted by molar-refractivity contribution is 6.24. The molecule has 7 heteroatoms. The number of urea groups is 1. The van der Waals surface area contributed by atoms with Gasteiger partial charge in [-0.25, -0.2) is 9.69 Å². The van der Waals surface area contributed by atoms with Gasteiger partial charge in [0.05, 0.1) is 23.9 Å². The van der Waals surface area contributed by atoms with Gasteiger partial charge in [-0.15, -0.1) is 0 Å². The number of rotatable bonds is 1. The predicted octanol–water partition coefficient (Wildman–Crippen LogP) is 1.71. The number of imide groups is 1. The van der Waals surface area contributed by atoms with E-state index in [2.05, 4.69) is 6.07 Å². The number of amides is 4. The fraction of sp³-hybridized carbons (Fsp3) is 0.263. The molecule has 26 heavy (non-hydrogen) atoms. The van der Waals surface area contributed by atoms with Gasteiger partial charge >= 0.3 is 6.03 Å². The van der Waals surface area contributed by atoms with Crippen molar-refractivity contribution < 1.29 is 14.4 Å². The van der Waals surface area contributed by atoms with E-state index in [9.17, 15) is 19.6 Å². The van der Waals surface area contributed by atoms with Gasteiger partial charge in [0, 0.05) is 30.8 Å². The van der Waals surface area contributed by atoms with Crippen molar-refractivity contribution in [2.24, 2.45) is 0 Å². The van der Waals surface area contributed by atoms with Crippen molar-refractivity contribution in [3.8, 4) is 6.07 Å². The van der Waals surface area contributed by atoms with Crippen molar-refractivity contribution in [1.29, 1.82) is 5.26 Å². The zero-order valence-corrected chi connectivity index (χ0v) is 14.2. The molecule has 1 atom stereocenters. The molecule has 2 fully saturated rings. The van der Waals surface area contributed by atoms with Crippen molar-refractivity contribution in [3.63, 3.8) is 0 Å². The maximum atomic E-state index is 13.0. The summed E-state index contributed by atoms with van der Waals surface area (Å²) in [7, 11) is 0. The zero-order valence-electron chi connectivity index (χ0n) is 14.2.